The number of fused-ring (bicyclic) bond motifs is 1. The van der Waals surface area contributed by atoms with E-state index in [0.29, 0.717) is 11.3 Å². The first kappa shape index (κ1) is 7.86. The van der Waals surface area contributed by atoms with Crippen molar-refractivity contribution in [2.24, 2.45) is 0 Å². The third-order valence-corrected chi connectivity index (χ3v) is 1.79. The Kier molecular flexibility index (Phi) is 1.59. The van der Waals surface area contributed by atoms with Crippen LogP contribution in [0.5, 0.6) is 5.75 Å². The number of carbonyl (C=O) groups is 1. The molecule has 0 radical (unpaired) electrons. The molecule has 0 amide bonds. The summed E-state index contributed by atoms with van der Waals surface area (Å²) < 4.78 is 9.83. The maximum atomic E-state index is 11.3. The zero-order chi connectivity index (χ0) is 9.42. The molecule has 1 aliphatic rings. The van der Waals surface area contributed by atoms with Crippen molar-refractivity contribution in [2.75, 3.05) is 0 Å². The Hall–Kier alpha value is -1.77. The minimum atomic E-state index is -0.407. The van der Waals surface area contributed by atoms with Crippen molar-refractivity contribution < 1.29 is 14.3 Å². The van der Waals surface area contributed by atoms with Crippen LogP contribution in [0.15, 0.2) is 30.7 Å². The Morgan fingerprint density at radius 3 is 2.85 bits per heavy atom. The van der Waals surface area contributed by atoms with Crippen LogP contribution >= 0.6 is 0 Å². The molecule has 0 atom stereocenters. The Labute approximate surface area is 75.6 Å². The lowest BCUT2D eigenvalue weighted by Crippen LogP contribution is -2.16. The van der Waals surface area contributed by atoms with Crippen molar-refractivity contribution in [3.8, 4) is 5.75 Å². The van der Waals surface area contributed by atoms with Gasteiger partial charge in [-0.15, -0.1) is 0 Å². The number of rotatable bonds is 0. The van der Waals surface area contributed by atoms with Crippen molar-refractivity contribution in [1.29, 1.82) is 0 Å². The van der Waals surface area contributed by atoms with E-state index in [1.165, 1.54) is 0 Å². The molecule has 0 fully saturated rings. The van der Waals surface area contributed by atoms with Crippen molar-refractivity contribution in [3.05, 3.63) is 41.9 Å². The van der Waals surface area contributed by atoms with Crippen LogP contribution in [0.2, 0.25) is 0 Å². The summed E-state index contributed by atoms with van der Waals surface area (Å²) in [5, 5.41) is 0. The van der Waals surface area contributed by atoms with Crippen LogP contribution in [0.3, 0.4) is 0 Å². The topological polar surface area (TPSA) is 35.5 Å². The maximum Gasteiger partial charge on any atom is 0.349 e. The van der Waals surface area contributed by atoms with Gasteiger partial charge in [0.15, 0.2) is 0 Å². The normalized spacial score (nSPS) is 14.5. The molecule has 1 aromatic rings. The van der Waals surface area contributed by atoms with Gasteiger partial charge in [-0.2, -0.15) is 0 Å². The number of cyclic esters (lactones) is 1. The molecule has 66 valence electrons. The molecule has 1 aliphatic heterocycles. The average molecular weight is 176 g/mol. The SMILES string of the molecule is C=C1OC(=O)c2cc(C)ccc2O1. The van der Waals surface area contributed by atoms with E-state index in [2.05, 4.69) is 6.58 Å². The first-order valence-electron chi connectivity index (χ1n) is 3.86. The fourth-order valence-electron chi connectivity index (χ4n) is 1.19. The van der Waals surface area contributed by atoms with Crippen LogP contribution in [0.25, 0.3) is 0 Å². The van der Waals surface area contributed by atoms with Gasteiger partial charge in [0, 0.05) is 0 Å². The lowest BCUT2D eigenvalue weighted by Gasteiger charge is -2.17. The summed E-state index contributed by atoms with van der Waals surface area (Å²) in [7, 11) is 0. The third-order valence-electron chi connectivity index (χ3n) is 1.79. The van der Waals surface area contributed by atoms with Gasteiger partial charge in [-0.25, -0.2) is 4.79 Å². The third kappa shape index (κ3) is 1.28. The first-order valence-corrected chi connectivity index (χ1v) is 3.86. The van der Waals surface area contributed by atoms with Gasteiger partial charge in [-0.05, 0) is 31.2 Å². The molecule has 0 saturated heterocycles. The number of benzene rings is 1. The minimum absolute atomic E-state index is 0.0290. The zero-order valence-corrected chi connectivity index (χ0v) is 7.16. The monoisotopic (exact) mass is 176 g/mol. The molecule has 0 aliphatic carbocycles. The van der Waals surface area contributed by atoms with Crippen LogP contribution in [0.1, 0.15) is 15.9 Å². The molecule has 0 aromatic heterocycles. The highest BCUT2D eigenvalue weighted by atomic mass is 16.7. The fourth-order valence-corrected chi connectivity index (χ4v) is 1.19. The van der Waals surface area contributed by atoms with Gasteiger partial charge < -0.3 is 9.47 Å². The summed E-state index contributed by atoms with van der Waals surface area (Å²) in [6.07, 6.45) is 0. The van der Waals surface area contributed by atoms with Crippen molar-refractivity contribution in [3.63, 3.8) is 0 Å². The van der Waals surface area contributed by atoms with E-state index in [-0.39, 0.29) is 5.95 Å². The fraction of sp³-hybridized carbons (Fsp3) is 0.100. The van der Waals surface area contributed by atoms with E-state index in [4.69, 9.17) is 9.47 Å². The van der Waals surface area contributed by atoms with Crippen LogP contribution < -0.4 is 4.74 Å². The van der Waals surface area contributed by atoms with E-state index >= 15 is 0 Å². The van der Waals surface area contributed by atoms with E-state index in [9.17, 15) is 4.79 Å². The number of esters is 1. The van der Waals surface area contributed by atoms with E-state index in [1.54, 1.807) is 12.1 Å². The number of hydrogen-bond acceptors (Lipinski definition) is 3. The van der Waals surface area contributed by atoms with E-state index in [0.717, 1.165) is 5.56 Å². The van der Waals surface area contributed by atoms with E-state index < -0.39 is 5.97 Å². The number of hydrogen-bond donors (Lipinski definition) is 0. The second-order valence-corrected chi connectivity index (χ2v) is 2.86. The van der Waals surface area contributed by atoms with E-state index in [1.807, 2.05) is 13.0 Å². The number of aryl methyl sites for hydroxylation is 1. The number of carbonyl (C=O) groups excluding carboxylic acids is 1. The quantitative estimate of drug-likeness (QED) is 0.567. The highest BCUT2D eigenvalue weighted by molar-refractivity contribution is 5.94. The molecular weight excluding hydrogens is 168 g/mol. The van der Waals surface area contributed by atoms with Gasteiger partial charge in [0.1, 0.15) is 11.3 Å². The molecule has 2 rings (SSSR count). The second-order valence-electron chi connectivity index (χ2n) is 2.86. The largest absolute Gasteiger partial charge is 0.425 e. The summed E-state index contributed by atoms with van der Waals surface area (Å²) in [4.78, 5) is 11.3. The maximum absolute atomic E-state index is 11.3. The summed E-state index contributed by atoms with van der Waals surface area (Å²) >= 11 is 0. The average Bonchev–Trinajstić information content (AvgIpc) is 2.06. The minimum Gasteiger partial charge on any atom is -0.425 e. The van der Waals surface area contributed by atoms with Crippen molar-refractivity contribution in [1.82, 2.24) is 0 Å². The molecule has 0 saturated carbocycles. The molecule has 0 spiro atoms. The lowest BCUT2D eigenvalue weighted by atomic mass is 10.1. The van der Waals surface area contributed by atoms with Crippen LogP contribution in [0, 0.1) is 6.92 Å². The standard InChI is InChI=1S/C10H8O3/c1-6-3-4-9-8(5-6)10(11)13-7(2)12-9/h3-5H,2H2,1H3. The smallest absolute Gasteiger partial charge is 0.349 e. The molecule has 0 unspecified atom stereocenters. The van der Waals surface area contributed by atoms with Gasteiger partial charge in [-0.1, -0.05) is 6.07 Å². The van der Waals surface area contributed by atoms with Crippen LogP contribution in [-0.2, 0) is 4.74 Å². The Morgan fingerprint density at radius 1 is 1.31 bits per heavy atom. The van der Waals surface area contributed by atoms with Crippen molar-refractivity contribution in [2.45, 2.75) is 6.92 Å². The molecule has 0 N–H and O–H groups in total. The molecule has 1 aromatic carbocycles. The highest BCUT2D eigenvalue weighted by Crippen LogP contribution is 2.27. The Bertz CT molecular complexity index is 393. The van der Waals surface area contributed by atoms with Crippen LogP contribution in [-0.4, -0.2) is 5.97 Å². The molecule has 3 nitrogen and oxygen atoms in total. The van der Waals surface area contributed by atoms with Gasteiger partial charge in [0.05, 0.1) is 0 Å². The second kappa shape index (κ2) is 2.62. The summed E-state index contributed by atoms with van der Waals surface area (Å²) in [6, 6.07) is 5.32. The lowest BCUT2D eigenvalue weighted by molar-refractivity contribution is 0.0414. The highest BCUT2D eigenvalue weighted by Gasteiger charge is 2.22. The summed E-state index contributed by atoms with van der Waals surface area (Å²) in [5.74, 6) is 0.128. The first-order chi connectivity index (χ1) is 6.16. The van der Waals surface area contributed by atoms with Gasteiger partial charge >= 0.3 is 5.97 Å². The zero-order valence-electron chi connectivity index (χ0n) is 7.16. The molecule has 1 heterocycles. The van der Waals surface area contributed by atoms with Crippen LogP contribution in [0.4, 0.5) is 0 Å². The van der Waals surface area contributed by atoms with Gasteiger partial charge in [0.2, 0.25) is 0 Å². The molecule has 0 bridgehead atoms. The molecule has 3 heteroatoms. The summed E-state index contributed by atoms with van der Waals surface area (Å²) in [6.45, 7) is 5.32. The predicted molar refractivity (Wildman–Crippen MR) is 46.4 cm³/mol. The predicted octanol–water partition coefficient (Wildman–Crippen LogP) is 2.02. The molecule has 13 heavy (non-hydrogen) atoms. The van der Waals surface area contributed by atoms with Gasteiger partial charge in [-0.3, -0.25) is 0 Å². The van der Waals surface area contributed by atoms with Crippen molar-refractivity contribution >= 4 is 5.97 Å². The summed E-state index contributed by atoms with van der Waals surface area (Å²) in [5.41, 5.74) is 1.44. The molecular formula is C10H8O3. The Morgan fingerprint density at radius 2 is 2.08 bits per heavy atom. The van der Waals surface area contributed by atoms with Gasteiger partial charge in [0.25, 0.3) is 5.95 Å². The number of ether oxygens (including phenoxy) is 2. The Balaban J connectivity index is 2.55.